The number of benzene rings is 3. The largest absolute Gasteiger partial charge is 0.270 e. The molecule has 3 aromatic carbocycles. The van der Waals surface area contributed by atoms with Crippen molar-refractivity contribution < 1.29 is 0 Å². The zero-order valence-electron chi connectivity index (χ0n) is 22.6. The Morgan fingerprint density at radius 1 is 0.846 bits per heavy atom. The molecule has 3 nitrogen and oxygen atoms in total. The van der Waals surface area contributed by atoms with E-state index in [4.69, 9.17) is 9.98 Å². The van der Waals surface area contributed by atoms with Crippen molar-refractivity contribution >= 4 is 18.4 Å². The summed E-state index contributed by atoms with van der Waals surface area (Å²) < 4.78 is 0. The highest BCUT2D eigenvalue weighted by atomic mass is 15.0. The summed E-state index contributed by atoms with van der Waals surface area (Å²) in [6.07, 6.45) is 10.00. The fourth-order valence-electron chi connectivity index (χ4n) is 6.72. The van der Waals surface area contributed by atoms with Gasteiger partial charge in [0.25, 0.3) is 0 Å². The van der Waals surface area contributed by atoms with Gasteiger partial charge in [0.1, 0.15) is 0 Å². The Hall–Kier alpha value is -4.37. The molecule has 1 atom stereocenters. The zero-order chi connectivity index (χ0) is 26.8. The Bertz CT molecular complexity index is 1540. The van der Waals surface area contributed by atoms with Crippen LogP contribution in [0, 0.1) is 5.92 Å². The molecule has 0 saturated heterocycles. The molecule has 1 unspecified atom stereocenters. The Balaban J connectivity index is 1.65. The van der Waals surface area contributed by atoms with Crippen LogP contribution in [0.3, 0.4) is 0 Å². The van der Waals surface area contributed by atoms with Crippen LogP contribution in [0.1, 0.15) is 42.9 Å². The lowest BCUT2D eigenvalue weighted by molar-refractivity contribution is 0.576. The number of aliphatic imine (C=N–C) groups is 3. The van der Waals surface area contributed by atoms with E-state index < -0.39 is 0 Å². The SMILES string of the molecule is C=N/C(=N\C(=N/C)C1=C2C(=CCC1)C(c1ccccc1)(c1ccccc1)C1=C2C=CCC1C)c1ccccc1. The molecule has 0 N–H and O–H groups in total. The maximum atomic E-state index is 5.02. The van der Waals surface area contributed by atoms with Crippen LogP contribution >= 0.6 is 0 Å². The second kappa shape index (κ2) is 10.4. The summed E-state index contributed by atoms with van der Waals surface area (Å²) in [7, 11) is 1.83. The van der Waals surface area contributed by atoms with E-state index in [-0.39, 0.29) is 5.41 Å². The van der Waals surface area contributed by atoms with Crippen LogP contribution in [0.25, 0.3) is 0 Å². The maximum absolute atomic E-state index is 5.02. The Morgan fingerprint density at radius 3 is 2.05 bits per heavy atom. The molecule has 3 heteroatoms. The lowest BCUT2D eigenvalue weighted by Gasteiger charge is -2.39. The molecule has 0 aliphatic heterocycles. The zero-order valence-corrected chi connectivity index (χ0v) is 22.6. The first-order chi connectivity index (χ1) is 19.2. The van der Waals surface area contributed by atoms with Crippen molar-refractivity contribution in [3.8, 4) is 0 Å². The highest BCUT2D eigenvalue weighted by Crippen LogP contribution is 2.61. The van der Waals surface area contributed by atoms with E-state index in [0.717, 1.165) is 30.7 Å². The minimum Gasteiger partial charge on any atom is -0.270 e. The third kappa shape index (κ3) is 4.01. The van der Waals surface area contributed by atoms with Crippen molar-refractivity contribution in [2.24, 2.45) is 20.9 Å². The van der Waals surface area contributed by atoms with Crippen molar-refractivity contribution in [1.82, 2.24) is 0 Å². The first-order valence-corrected chi connectivity index (χ1v) is 13.7. The average Bonchev–Trinajstić information content (AvgIpc) is 3.32. The smallest absolute Gasteiger partial charge is 0.160 e. The number of amidine groups is 2. The minimum atomic E-state index is -0.357. The van der Waals surface area contributed by atoms with E-state index in [1.165, 1.54) is 39.0 Å². The van der Waals surface area contributed by atoms with Crippen LogP contribution in [-0.2, 0) is 5.41 Å². The number of allylic oxidation sites excluding steroid dienone is 7. The van der Waals surface area contributed by atoms with Gasteiger partial charge in [-0.1, -0.05) is 116 Å². The van der Waals surface area contributed by atoms with Crippen molar-refractivity contribution in [2.75, 3.05) is 7.05 Å². The van der Waals surface area contributed by atoms with Crippen LogP contribution in [0.15, 0.2) is 152 Å². The molecule has 0 radical (unpaired) electrons. The maximum Gasteiger partial charge on any atom is 0.160 e. The molecule has 0 saturated carbocycles. The summed E-state index contributed by atoms with van der Waals surface area (Å²) in [4.78, 5) is 14.1. The molecule has 6 rings (SSSR count). The lowest BCUT2D eigenvalue weighted by atomic mass is 9.62. The van der Waals surface area contributed by atoms with Gasteiger partial charge in [0.05, 0.1) is 5.41 Å². The summed E-state index contributed by atoms with van der Waals surface area (Å²) in [5, 5.41) is 0. The standard InChI is InChI=1S/C36H33N3/c1-25-15-13-22-29-32-30(35(38-3)39-34(37-2)26-16-7-4-8-17-26)23-14-24-31(32)36(33(25)29,27-18-9-5-10-19-27)28-20-11-6-12-21-28/h4-13,16-22,24-25H,2,14-15,23H2,1,3H3/b38-35-,39-34-. The van der Waals surface area contributed by atoms with Crippen LogP contribution in [-0.4, -0.2) is 25.4 Å². The van der Waals surface area contributed by atoms with Gasteiger partial charge in [-0.05, 0) is 65.3 Å². The molecular weight excluding hydrogens is 474 g/mol. The van der Waals surface area contributed by atoms with Gasteiger partial charge in [0.15, 0.2) is 11.7 Å². The predicted octanol–water partition coefficient (Wildman–Crippen LogP) is 8.07. The second-order valence-electron chi connectivity index (χ2n) is 10.4. The predicted molar refractivity (Wildman–Crippen MR) is 164 cm³/mol. The molecule has 3 aliphatic carbocycles. The highest BCUT2D eigenvalue weighted by Gasteiger charge is 2.52. The molecule has 3 aromatic rings. The van der Waals surface area contributed by atoms with E-state index in [9.17, 15) is 0 Å². The van der Waals surface area contributed by atoms with Crippen molar-refractivity contribution in [1.29, 1.82) is 0 Å². The molecule has 0 bridgehead atoms. The molecular formula is C36H33N3. The first kappa shape index (κ1) is 24.9. The summed E-state index contributed by atoms with van der Waals surface area (Å²) in [5.74, 6) is 1.72. The Morgan fingerprint density at radius 2 is 1.46 bits per heavy atom. The molecule has 0 aromatic heterocycles. The topological polar surface area (TPSA) is 37.1 Å². The van der Waals surface area contributed by atoms with Crippen molar-refractivity contribution in [3.05, 3.63) is 154 Å². The Labute approximate surface area is 231 Å². The van der Waals surface area contributed by atoms with Gasteiger partial charge in [-0.2, -0.15) is 0 Å². The molecule has 39 heavy (non-hydrogen) atoms. The van der Waals surface area contributed by atoms with E-state index in [1.807, 2.05) is 37.4 Å². The van der Waals surface area contributed by atoms with Gasteiger partial charge in [-0.3, -0.25) is 4.99 Å². The number of rotatable bonds is 4. The van der Waals surface area contributed by atoms with Gasteiger partial charge in [-0.15, -0.1) is 0 Å². The molecule has 0 fully saturated rings. The summed E-state index contributed by atoms with van der Waals surface area (Å²) in [6, 6.07) is 32.1. The summed E-state index contributed by atoms with van der Waals surface area (Å²) in [5.41, 5.74) is 9.83. The molecule has 0 heterocycles. The number of hydrogen-bond acceptors (Lipinski definition) is 1. The van der Waals surface area contributed by atoms with E-state index in [0.29, 0.717) is 11.8 Å². The molecule has 192 valence electrons. The number of hydrogen-bond donors (Lipinski definition) is 0. The quantitative estimate of drug-likeness (QED) is 0.253. The van der Waals surface area contributed by atoms with Crippen LogP contribution < -0.4 is 0 Å². The molecule has 3 aliphatic rings. The number of fused-ring (bicyclic) bond motifs is 2. The second-order valence-corrected chi connectivity index (χ2v) is 10.4. The third-order valence-electron chi connectivity index (χ3n) is 8.24. The van der Waals surface area contributed by atoms with E-state index >= 15 is 0 Å². The van der Waals surface area contributed by atoms with Crippen LogP contribution in [0.5, 0.6) is 0 Å². The Kier molecular flexibility index (Phi) is 6.66. The molecule has 0 spiro atoms. The normalized spacial score (nSPS) is 20.5. The molecule has 0 amide bonds. The average molecular weight is 508 g/mol. The highest BCUT2D eigenvalue weighted by molar-refractivity contribution is 6.13. The van der Waals surface area contributed by atoms with Crippen LogP contribution in [0.2, 0.25) is 0 Å². The van der Waals surface area contributed by atoms with E-state index in [1.54, 1.807) is 0 Å². The fraction of sp³-hybridized carbons (Fsp3) is 0.194. The van der Waals surface area contributed by atoms with Gasteiger partial charge < -0.3 is 0 Å². The lowest BCUT2D eigenvalue weighted by Crippen LogP contribution is -2.33. The summed E-state index contributed by atoms with van der Waals surface area (Å²) in [6.45, 7) is 6.21. The van der Waals surface area contributed by atoms with Gasteiger partial charge in [-0.25, -0.2) is 9.98 Å². The number of nitrogens with zero attached hydrogens (tertiary/aromatic N) is 3. The van der Waals surface area contributed by atoms with Crippen molar-refractivity contribution in [2.45, 2.75) is 31.6 Å². The van der Waals surface area contributed by atoms with Gasteiger partial charge in [0, 0.05) is 18.2 Å². The third-order valence-corrected chi connectivity index (χ3v) is 8.24. The van der Waals surface area contributed by atoms with Crippen molar-refractivity contribution in [3.63, 3.8) is 0 Å². The van der Waals surface area contributed by atoms with Crippen LogP contribution in [0.4, 0.5) is 0 Å². The van der Waals surface area contributed by atoms with E-state index in [2.05, 4.69) is 97.5 Å². The first-order valence-electron chi connectivity index (χ1n) is 13.7. The monoisotopic (exact) mass is 507 g/mol. The fourth-order valence-corrected chi connectivity index (χ4v) is 6.72. The summed E-state index contributed by atoms with van der Waals surface area (Å²) >= 11 is 0. The minimum absolute atomic E-state index is 0.357. The van der Waals surface area contributed by atoms with Gasteiger partial charge in [0.2, 0.25) is 0 Å². The van der Waals surface area contributed by atoms with Gasteiger partial charge >= 0.3 is 0 Å².